The summed E-state index contributed by atoms with van der Waals surface area (Å²) in [5, 5.41) is 0. The van der Waals surface area contributed by atoms with Gasteiger partial charge in [0.2, 0.25) is 0 Å². The van der Waals surface area contributed by atoms with Crippen molar-refractivity contribution in [2.45, 2.75) is 26.1 Å². The number of rotatable bonds is 2. The maximum absolute atomic E-state index is 12.8. The van der Waals surface area contributed by atoms with Gasteiger partial charge in [-0.05, 0) is 41.7 Å². The van der Waals surface area contributed by atoms with Gasteiger partial charge in [-0.3, -0.25) is 4.79 Å². The van der Waals surface area contributed by atoms with Crippen LogP contribution in [0.1, 0.15) is 39.0 Å². The van der Waals surface area contributed by atoms with E-state index < -0.39 is 0 Å². The van der Waals surface area contributed by atoms with Crippen molar-refractivity contribution in [2.24, 2.45) is 0 Å². The van der Waals surface area contributed by atoms with Crippen molar-refractivity contribution < 1.29 is 14.3 Å². The molecule has 2 aliphatic heterocycles. The smallest absolute Gasteiger partial charge is 0.196 e. The molecule has 0 saturated carbocycles. The van der Waals surface area contributed by atoms with Gasteiger partial charge in [0.25, 0.3) is 0 Å². The number of aryl methyl sites for hydroxylation is 1. The van der Waals surface area contributed by atoms with E-state index in [4.69, 9.17) is 9.47 Å². The van der Waals surface area contributed by atoms with Crippen LogP contribution in [0.2, 0.25) is 0 Å². The molecule has 0 saturated heterocycles. The molecule has 3 nitrogen and oxygen atoms in total. The number of benzene rings is 2. The fourth-order valence-corrected chi connectivity index (χ4v) is 3.04. The summed E-state index contributed by atoms with van der Waals surface area (Å²) in [5.41, 5.74) is 4.81. The first-order chi connectivity index (χ1) is 10.3. The minimum absolute atomic E-state index is 0.0310. The molecule has 0 aromatic heterocycles. The third kappa shape index (κ3) is 2.14. The largest absolute Gasteiger partial charge is 0.493 e. The van der Waals surface area contributed by atoms with Crippen LogP contribution in [-0.4, -0.2) is 12.4 Å². The average Bonchev–Trinajstić information content (AvgIpc) is 3.01. The van der Waals surface area contributed by atoms with Gasteiger partial charge in [0.1, 0.15) is 5.75 Å². The van der Waals surface area contributed by atoms with Gasteiger partial charge in [-0.1, -0.05) is 24.3 Å². The SMILES string of the molecule is O=C(c1ccc2c(c1)COC2)c1cccc2c1OCCC2. The molecule has 106 valence electrons. The molecule has 2 aliphatic rings. The number of ether oxygens (including phenoxy) is 2. The van der Waals surface area contributed by atoms with Crippen molar-refractivity contribution in [1.29, 1.82) is 0 Å². The molecule has 21 heavy (non-hydrogen) atoms. The first-order valence-corrected chi connectivity index (χ1v) is 7.32. The van der Waals surface area contributed by atoms with Crippen LogP contribution in [-0.2, 0) is 24.4 Å². The zero-order valence-corrected chi connectivity index (χ0v) is 11.7. The number of hydrogen-bond donors (Lipinski definition) is 0. The van der Waals surface area contributed by atoms with E-state index in [0.29, 0.717) is 30.9 Å². The van der Waals surface area contributed by atoms with Crippen LogP contribution in [0.25, 0.3) is 0 Å². The molecule has 0 amide bonds. The van der Waals surface area contributed by atoms with Crippen LogP contribution in [0, 0.1) is 0 Å². The van der Waals surface area contributed by atoms with Crippen molar-refractivity contribution in [2.75, 3.05) is 6.61 Å². The topological polar surface area (TPSA) is 35.5 Å². The summed E-state index contributed by atoms with van der Waals surface area (Å²) in [7, 11) is 0. The molecule has 0 aliphatic carbocycles. The van der Waals surface area contributed by atoms with Crippen molar-refractivity contribution in [1.82, 2.24) is 0 Å². The number of fused-ring (bicyclic) bond motifs is 2. The van der Waals surface area contributed by atoms with E-state index in [0.717, 1.165) is 29.7 Å². The van der Waals surface area contributed by atoms with E-state index in [1.54, 1.807) is 0 Å². The fraction of sp³-hybridized carbons (Fsp3) is 0.278. The van der Waals surface area contributed by atoms with E-state index in [9.17, 15) is 4.79 Å². The molecule has 0 spiro atoms. The molecule has 3 heteroatoms. The lowest BCUT2D eigenvalue weighted by Gasteiger charge is -2.19. The summed E-state index contributed by atoms with van der Waals surface area (Å²) in [6.07, 6.45) is 2.00. The van der Waals surface area contributed by atoms with Gasteiger partial charge in [0.05, 0.1) is 25.4 Å². The Bertz CT molecular complexity index is 718. The molecule has 0 radical (unpaired) electrons. The molecular formula is C18H16O3. The minimum Gasteiger partial charge on any atom is -0.493 e. The third-order valence-corrected chi connectivity index (χ3v) is 4.16. The molecule has 0 unspecified atom stereocenters. The Morgan fingerprint density at radius 1 is 1.00 bits per heavy atom. The van der Waals surface area contributed by atoms with Gasteiger partial charge in [-0.25, -0.2) is 0 Å². The van der Waals surface area contributed by atoms with Crippen LogP contribution in [0.5, 0.6) is 5.75 Å². The van der Waals surface area contributed by atoms with E-state index in [-0.39, 0.29) is 5.78 Å². The van der Waals surface area contributed by atoms with Gasteiger partial charge < -0.3 is 9.47 Å². The van der Waals surface area contributed by atoms with E-state index in [2.05, 4.69) is 0 Å². The van der Waals surface area contributed by atoms with Crippen LogP contribution in [0.4, 0.5) is 0 Å². The molecule has 2 aromatic carbocycles. The van der Waals surface area contributed by atoms with Gasteiger partial charge in [0, 0.05) is 5.56 Å². The Morgan fingerprint density at radius 3 is 2.86 bits per heavy atom. The number of carbonyl (C=O) groups excluding carboxylic acids is 1. The maximum atomic E-state index is 12.8. The summed E-state index contributed by atoms with van der Waals surface area (Å²) < 4.78 is 11.2. The van der Waals surface area contributed by atoms with E-state index >= 15 is 0 Å². The molecule has 0 fully saturated rings. The second-order valence-corrected chi connectivity index (χ2v) is 5.55. The molecule has 0 bridgehead atoms. The van der Waals surface area contributed by atoms with Crippen molar-refractivity contribution in [3.8, 4) is 5.75 Å². The van der Waals surface area contributed by atoms with Crippen molar-refractivity contribution in [3.05, 3.63) is 64.2 Å². The zero-order chi connectivity index (χ0) is 14.2. The average molecular weight is 280 g/mol. The predicted molar refractivity (Wildman–Crippen MR) is 78.6 cm³/mol. The highest BCUT2D eigenvalue weighted by Gasteiger charge is 2.21. The quantitative estimate of drug-likeness (QED) is 0.792. The lowest BCUT2D eigenvalue weighted by molar-refractivity contribution is 0.103. The summed E-state index contributed by atoms with van der Waals surface area (Å²) in [6.45, 7) is 1.93. The monoisotopic (exact) mass is 280 g/mol. The molecule has 2 aromatic rings. The summed E-state index contributed by atoms with van der Waals surface area (Å²) in [4.78, 5) is 12.8. The van der Waals surface area contributed by atoms with Crippen LogP contribution in [0.15, 0.2) is 36.4 Å². The predicted octanol–water partition coefficient (Wildman–Crippen LogP) is 3.27. The number of para-hydroxylation sites is 1. The lowest BCUT2D eigenvalue weighted by Crippen LogP contribution is -2.13. The second kappa shape index (κ2) is 5.01. The normalized spacial score (nSPS) is 16.0. The van der Waals surface area contributed by atoms with Gasteiger partial charge in [0.15, 0.2) is 5.78 Å². The van der Waals surface area contributed by atoms with Crippen LogP contribution < -0.4 is 4.74 Å². The standard InChI is InChI=1S/C18H16O3/c19-17(13-6-7-14-10-20-11-15(14)9-13)16-5-1-3-12-4-2-8-21-18(12)16/h1,3,5-7,9H,2,4,8,10-11H2. The molecule has 2 heterocycles. The fourth-order valence-electron chi connectivity index (χ4n) is 3.04. The number of hydrogen-bond acceptors (Lipinski definition) is 3. The van der Waals surface area contributed by atoms with E-state index in [1.807, 2.05) is 36.4 Å². The first kappa shape index (κ1) is 12.6. The number of ketones is 1. The zero-order valence-electron chi connectivity index (χ0n) is 11.7. The molecule has 0 atom stereocenters. The third-order valence-electron chi connectivity index (χ3n) is 4.16. The molecular weight excluding hydrogens is 264 g/mol. The summed E-state index contributed by atoms with van der Waals surface area (Å²) >= 11 is 0. The highest BCUT2D eigenvalue weighted by atomic mass is 16.5. The minimum atomic E-state index is 0.0310. The maximum Gasteiger partial charge on any atom is 0.196 e. The Kier molecular flexibility index (Phi) is 3.00. The molecule has 0 N–H and O–H groups in total. The van der Waals surface area contributed by atoms with Crippen LogP contribution >= 0.6 is 0 Å². The Balaban J connectivity index is 1.75. The Hall–Kier alpha value is -2.13. The van der Waals surface area contributed by atoms with Crippen molar-refractivity contribution >= 4 is 5.78 Å². The summed E-state index contributed by atoms with van der Waals surface area (Å²) in [5.74, 6) is 0.800. The second-order valence-electron chi connectivity index (χ2n) is 5.55. The Labute approximate surface area is 123 Å². The molecule has 4 rings (SSSR count). The van der Waals surface area contributed by atoms with Gasteiger partial charge >= 0.3 is 0 Å². The highest BCUT2D eigenvalue weighted by molar-refractivity contribution is 6.11. The lowest BCUT2D eigenvalue weighted by atomic mass is 9.95. The van der Waals surface area contributed by atoms with E-state index in [1.165, 1.54) is 5.56 Å². The van der Waals surface area contributed by atoms with Crippen molar-refractivity contribution in [3.63, 3.8) is 0 Å². The van der Waals surface area contributed by atoms with Crippen LogP contribution in [0.3, 0.4) is 0 Å². The van der Waals surface area contributed by atoms with Gasteiger partial charge in [-0.2, -0.15) is 0 Å². The van der Waals surface area contributed by atoms with Gasteiger partial charge in [-0.15, -0.1) is 0 Å². The summed E-state index contributed by atoms with van der Waals surface area (Å²) in [6, 6.07) is 11.7. The first-order valence-electron chi connectivity index (χ1n) is 7.32. The number of carbonyl (C=O) groups is 1. The highest BCUT2D eigenvalue weighted by Crippen LogP contribution is 2.31. The Morgan fingerprint density at radius 2 is 1.90 bits per heavy atom.